The molecule has 0 aliphatic heterocycles. The highest BCUT2D eigenvalue weighted by Crippen LogP contribution is 2.24. The van der Waals surface area contributed by atoms with Crippen LogP contribution in [0.4, 0.5) is 4.39 Å². The number of carbonyl (C=O) groups excluding carboxylic acids is 1. The number of halogens is 1. The molecule has 2 nitrogen and oxygen atoms in total. The second-order valence-corrected chi connectivity index (χ2v) is 3.53. The van der Waals surface area contributed by atoms with Gasteiger partial charge < -0.3 is 4.57 Å². The third-order valence-corrected chi connectivity index (χ3v) is 2.59. The lowest BCUT2D eigenvalue weighted by molar-refractivity contribution is 0.111. The molecule has 1 aromatic carbocycles. The summed E-state index contributed by atoms with van der Waals surface area (Å²) >= 11 is 0. The Morgan fingerprint density at radius 1 is 1.38 bits per heavy atom. The maximum atomic E-state index is 13.1. The largest absolute Gasteiger partial charge is 0.345 e. The van der Waals surface area contributed by atoms with Crippen molar-refractivity contribution < 1.29 is 9.18 Å². The first kappa shape index (κ1) is 10.6. The van der Waals surface area contributed by atoms with Gasteiger partial charge in [0.25, 0.3) is 0 Å². The monoisotopic (exact) mass is 217 g/mol. The van der Waals surface area contributed by atoms with E-state index in [-0.39, 0.29) is 5.82 Å². The molecule has 0 amide bonds. The van der Waals surface area contributed by atoms with Crippen molar-refractivity contribution in [2.75, 3.05) is 0 Å². The molecule has 2 rings (SSSR count). The molecule has 2 aromatic rings. The molecular weight excluding hydrogens is 205 g/mol. The van der Waals surface area contributed by atoms with E-state index in [4.69, 9.17) is 0 Å². The highest BCUT2D eigenvalue weighted by Gasteiger charge is 2.09. The topological polar surface area (TPSA) is 22.0 Å². The minimum absolute atomic E-state index is 0.293. The number of rotatable bonds is 3. The fourth-order valence-corrected chi connectivity index (χ4v) is 1.79. The van der Waals surface area contributed by atoms with Crippen LogP contribution in [0, 0.1) is 5.82 Å². The molecule has 0 bridgehead atoms. The number of hydrogen-bond acceptors (Lipinski definition) is 1. The van der Waals surface area contributed by atoms with E-state index in [1.165, 1.54) is 12.1 Å². The third kappa shape index (κ3) is 1.76. The van der Waals surface area contributed by atoms with Crippen LogP contribution in [0.25, 0.3) is 11.1 Å². The van der Waals surface area contributed by atoms with Crippen molar-refractivity contribution in [2.24, 2.45) is 0 Å². The standard InChI is InChI=1S/C13H12FNO/c1-2-15-7-6-12(13(15)9-16)10-4-3-5-11(14)8-10/h3-9H,2H2,1H3. The normalized spacial score (nSPS) is 10.4. The van der Waals surface area contributed by atoms with Crippen LogP contribution >= 0.6 is 0 Å². The number of aryl methyl sites for hydroxylation is 1. The first-order chi connectivity index (χ1) is 7.76. The summed E-state index contributed by atoms with van der Waals surface area (Å²) in [4.78, 5) is 11.0. The minimum atomic E-state index is -0.293. The Labute approximate surface area is 93.3 Å². The van der Waals surface area contributed by atoms with Gasteiger partial charge in [-0.3, -0.25) is 4.79 Å². The molecule has 1 heterocycles. The SMILES string of the molecule is CCn1ccc(-c2cccc(F)c2)c1C=O. The van der Waals surface area contributed by atoms with Gasteiger partial charge in [0.15, 0.2) is 6.29 Å². The first-order valence-corrected chi connectivity index (χ1v) is 5.16. The zero-order valence-corrected chi connectivity index (χ0v) is 8.98. The molecule has 3 heteroatoms. The smallest absolute Gasteiger partial charge is 0.167 e. The summed E-state index contributed by atoms with van der Waals surface area (Å²) in [6.45, 7) is 2.69. The molecule has 1 aromatic heterocycles. The molecule has 0 aliphatic carbocycles. The van der Waals surface area contributed by atoms with Crippen LogP contribution in [-0.2, 0) is 6.54 Å². The van der Waals surface area contributed by atoms with Crippen molar-refractivity contribution in [1.82, 2.24) is 4.57 Å². The van der Waals surface area contributed by atoms with Crippen LogP contribution in [-0.4, -0.2) is 10.9 Å². The van der Waals surface area contributed by atoms with Gasteiger partial charge in [-0.1, -0.05) is 12.1 Å². The second kappa shape index (κ2) is 4.31. The number of benzene rings is 1. The van der Waals surface area contributed by atoms with Gasteiger partial charge >= 0.3 is 0 Å². The van der Waals surface area contributed by atoms with E-state index >= 15 is 0 Å². The average molecular weight is 217 g/mol. The quantitative estimate of drug-likeness (QED) is 0.724. The summed E-state index contributed by atoms with van der Waals surface area (Å²) in [5.41, 5.74) is 2.10. The number of hydrogen-bond donors (Lipinski definition) is 0. The highest BCUT2D eigenvalue weighted by atomic mass is 19.1. The van der Waals surface area contributed by atoms with Crippen LogP contribution in [0.3, 0.4) is 0 Å². The molecule has 0 unspecified atom stereocenters. The van der Waals surface area contributed by atoms with E-state index in [1.807, 2.05) is 23.8 Å². The van der Waals surface area contributed by atoms with E-state index in [2.05, 4.69) is 0 Å². The van der Waals surface area contributed by atoms with Crippen molar-refractivity contribution in [3.63, 3.8) is 0 Å². The Morgan fingerprint density at radius 3 is 2.81 bits per heavy atom. The van der Waals surface area contributed by atoms with Gasteiger partial charge in [0.2, 0.25) is 0 Å². The number of aldehydes is 1. The summed E-state index contributed by atoms with van der Waals surface area (Å²) in [5, 5.41) is 0. The number of nitrogens with zero attached hydrogens (tertiary/aromatic N) is 1. The van der Waals surface area contributed by atoms with Gasteiger partial charge in [0, 0.05) is 18.3 Å². The Bertz CT molecular complexity index is 516. The van der Waals surface area contributed by atoms with Crippen molar-refractivity contribution in [3.8, 4) is 11.1 Å². The summed E-state index contributed by atoms with van der Waals surface area (Å²) in [6, 6.07) is 8.10. The van der Waals surface area contributed by atoms with Crippen molar-refractivity contribution in [1.29, 1.82) is 0 Å². The molecular formula is C13H12FNO. The van der Waals surface area contributed by atoms with Crippen LogP contribution in [0.2, 0.25) is 0 Å². The predicted octanol–water partition coefficient (Wildman–Crippen LogP) is 3.13. The van der Waals surface area contributed by atoms with E-state index < -0.39 is 0 Å². The molecule has 82 valence electrons. The Morgan fingerprint density at radius 2 is 2.19 bits per heavy atom. The maximum Gasteiger partial charge on any atom is 0.167 e. The van der Waals surface area contributed by atoms with Gasteiger partial charge in [-0.2, -0.15) is 0 Å². The average Bonchev–Trinajstić information content (AvgIpc) is 2.71. The molecule has 0 saturated heterocycles. The lowest BCUT2D eigenvalue weighted by Gasteiger charge is -2.03. The fourth-order valence-electron chi connectivity index (χ4n) is 1.79. The van der Waals surface area contributed by atoms with E-state index in [9.17, 15) is 9.18 Å². The van der Waals surface area contributed by atoms with E-state index in [0.717, 1.165) is 24.0 Å². The van der Waals surface area contributed by atoms with Gasteiger partial charge in [-0.25, -0.2) is 4.39 Å². The Balaban J connectivity index is 2.55. The van der Waals surface area contributed by atoms with Crippen molar-refractivity contribution in [2.45, 2.75) is 13.5 Å². The summed E-state index contributed by atoms with van der Waals surface area (Å²) in [5.74, 6) is -0.293. The molecule has 0 aliphatic rings. The second-order valence-electron chi connectivity index (χ2n) is 3.53. The number of carbonyl (C=O) groups is 1. The van der Waals surface area contributed by atoms with Crippen LogP contribution in [0.5, 0.6) is 0 Å². The molecule has 0 saturated carbocycles. The molecule has 0 radical (unpaired) electrons. The lowest BCUT2D eigenvalue weighted by Crippen LogP contribution is -1.98. The van der Waals surface area contributed by atoms with E-state index in [1.54, 1.807) is 12.1 Å². The summed E-state index contributed by atoms with van der Waals surface area (Å²) in [6.07, 6.45) is 2.65. The van der Waals surface area contributed by atoms with Crippen molar-refractivity contribution >= 4 is 6.29 Å². The molecule has 0 N–H and O–H groups in total. The van der Waals surface area contributed by atoms with Gasteiger partial charge in [0.1, 0.15) is 5.82 Å². The van der Waals surface area contributed by atoms with Crippen LogP contribution < -0.4 is 0 Å². The molecule has 16 heavy (non-hydrogen) atoms. The summed E-state index contributed by atoms with van der Waals surface area (Å²) in [7, 11) is 0. The summed E-state index contributed by atoms with van der Waals surface area (Å²) < 4.78 is 14.9. The van der Waals surface area contributed by atoms with Crippen LogP contribution in [0.1, 0.15) is 17.4 Å². The third-order valence-electron chi connectivity index (χ3n) is 2.59. The van der Waals surface area contributed by atoms with Gasteiger partial charge in [-0.05, 0) is 30.7 Å². The molecule has 0 fully saturated rings. The van der Waals surface area contributed by atoms with E-state index in [0.29, 0.717) is 5.69 Å². The Hall–Kier alpha value is -1.90. The highest BCUT2D eigenvalue weighted by molar-refractivity contribution is 5.86. The van der Waals surface area contributed by atoms with Crippen molar-refractivity contribution in [3.05, 3.63) is 48.0 Å². The molecule has 0 atom stereocenters. The molecule has 0 spiro atoms. The minimum Gasteiger partial charge on any atom is -0.345 e. The first-order valence-electron chi connectivity index (χ1n) is 5.16. The Kier molecular flexibility index (Phi) is 2.86. The zero-order valence-electron chi connectivity index (χ0n) is 8.98. The predicted molar refractivity (Wildman–Crippen MR) is 60.9 cm³/mol. The number of aromatic nitrogens is 1. The maximum absolute atomic E-state index is 13.1. The van der Waals surface area contributed by atoms with Gasteiger partial charge in [-0.15, -0.1) is 0 Å². The zero-order chi connectivity index (χ0) is 11.5. The van der Waals surface area contributed by atoms with Crippen LogP contribution in [0.15, 0.2) is 36.5 Å². The lowest BCUT2D eigenvalue weighted by atomic mass is 10.1. The fraction of sp³-hybridized carbons (Fsp3) is 0.154. The van der Waals surface area contributed by atoms with Gasteiger partial charge in [0.05, 0.1) is 5.69 Å².